The summed E-state index contributed by atoms with van der Waals surface area (Å²) in [5, 5.41) is 8.64. The van der Waals surface area contributed by atoms with Crippen LogP contribution >= 0.6 is 0 Å². The number of carboxylic acids is 1. The Morgan fingerprint density at radius 3 is 2.42 bits per heavy atom. The molecule has 0 aliphatic carbocycles. The van der Waals surface area contributed by atoms with Crippen molar-refractivity contribution in [2.75, 3.05) is 13.1 Å². The first-order valence-corrected chi connectivity index (χ1v) is 5.53. The van der Waals surface area contributed by atoms with Crippen molar-refractivity contribution in [1.29, 1.82) is 0 Å². The Morgan fingerprint density at radius 2 is 1.95 bits per heavy atom. The molecule has 3 nitrogen and oxygen atoms in total. The average molecular weight is 279 g/mol. The third kappa shape index (κ3) is 4.86. The Balaban J connectivity index is 2.94. The van der Waals surface area contributed by atoms with Gasteiger partial charge >= 0.3 is 12.1 Å². The smallest absolute Gasteiger partial charge is 0.416 e. The fraction of sp³-hybridized carbons (Fsp3) is 0.417. The van der Waals surface area contributed by atoms with Gasteiger partial charge in [0.25, 0.3) is 0 Å². The molecule has 1 rings (SSSR count). The van der Waals surface area contributed by atoms with Gasteiger partial charge in [-0.05, 0) is 30.3 Å². The van der Waals surface area contributed by atoms with E-state index >= 15 is 0 Å². The van der Waals surface area contributed by atoms with E-state index in [1.165, 1.54) is 4.90 Å². The van der Waals surface area contributed by atoms with Gasteiger partial charge in [0.2, 0.25) is 0 Å². The molecule has 1 aromatic rings. The Bertz CT molecular complexity index is 460. The monoisotopic (exact) mass is 279 g/mol. The second-order valence-corrected chi connectivity index (χ2v) is 4.04. The molecule has 19 heavy (non-hydrogen) atoms. The Kier molecular flexibility index (Phi) is 4.88. The first kappa shape index (κ1) is 15.4. The van der Waals surface area contributed by atoms with Gasteiger partial charge in [0.1, 0.15) is 5.82 Å². The van der Waals surface area contributed by atoms with Gasteiger partial charge in [-0.15, -0.1) is 0 Å². The summed E-state index contributed by atoms with van der Waals surface area (Å²) in [5.74, 6) is -2.08. The van der Waals surface area contributed by atoms with Crippen LogP contribution in [-0.4, -0.2) is 29.1 Å². The second-order valence-electron chi connectivity index (χ2n) is 4.04. The normalized spacial score (nSPS) is 11.9. The molecule has 0 bridgehead atoms. The molecule has 0 spiro atoms. The summed E-state index contributed by atoms with van der Waals surface area (Å²) in [6.07, 6.45) is -4.62. The second kappa shape index (κ2) is 6.01. The quantitative estimate of drug-likeness (QED) is 0.842. The molecule has 106 valence electrons. The van der Waals surface area contributed by atoms with Gasteiger partial charge < -0.3 is 5.11 Å². The van der Waals surface area contributed by atoms with Crippen molar-refractivity contribution in [3.63, 3.8) is 0 Å². The molecule has 0 amide bonds. The van der Waals surface area contributed by atoms with Crippen LogP contribution in [0, 0.1) is 5.82 Å². The van der Waals surface area contributed by atoms with E-state index in [-0.39, 0.29) is 18.7 Å². The maximum atomic E-state index is 13.1. The lowest BCUT2D eigenvalue weighted by molar-refractivity contribution is -0.139. The minimum absolute atomic E-state index is 0.0519. The fourth-order valence-electron chi connectivity index (χ4n) is 1.63. The first-order valence-electron chi connectivity index (χ1n) is 5.53. The van der Waals surface area contributed by atoms with Crippen LogP contribution in [0.4, 0.5) is 17.6 Å². The maximum Gasteiger partial charge on any atom is 0.416 e. The fourth-order valence-corrected chi connectivity index (χ4v) is 1.63. The number of rotatable bonds is 5. The van der Waals surface area contributed by atoms with E-state index in [9.17, 15) is 22.4 Å². The van der Waals surface area contributed by atoms with E-state index in [1.807, 2.05) is 0 Å². The van der Waals surface area contributed by atoms with Crippen molar-refractivity contribution < 1.29 is 27.5 Å². The summed E-state index contributed by atoms with van der Waals surface area (Å²) in [6, 6.07) is 2.21. The lowest BCUT2D eigenvalue weighted by Crippen LogP contribution is -2.29. The summed E-state index contributed by atoms with van der Waals surface area (Å²) in [6.45, 7) is 1.65. The zero-order chi connectivity index (χ0) is 14.6. The van der Waals surface area contributed by atoms with E-state index < -0.39 is 23.5 Å². The van der Waals surface area contributed by atoms with Crippen molar-refractivity contribution in [2.45, 2.75) is 19.6 Å². The number of likely N-dealkylation sites (N-methyl/N-ethyl adjacent to an activating group) is 1. The van der Waals surface area contributed by atoms with Gasteiger partial charge in [-0.3, -0.25) is 9.69 Å². The number of aliphatic carboxylic acids is 1. The molecular formula is C12H13F4NO2. The number of carbonyl (C=O) groups is 1. The Morgan fingerprint density at radius 1 is 1.32 bits per heavy atom. The van der Waals surface area contributed by atoms with Crippen LogP contribution in [0.1, 0.15) is 18.1 Å². The van der Waals surface area contributed by atoms with E-state index in [0.717, 1.165) is 12.1 Å². The van der Waals surface area contributed by atoms with E-state index in [0.29, 0.717) is 12.6 Å². The number of nitrogens with zero attached hydrogens (tertiary/aromatic N) is 1. The van der Waals surface area contributed by atoms with Crippen molar-refractivity contribution >= 4 is 5.97 Å². The highest BCUT2D eigenvalue weighted by atomic mass is 19.4. The van der Waals surface area contributed by atoms with Crippen LogP contribution in [-0.2, 0) is 17.5 Å². The number of carboxylic acid groups (broad SMARTS) is 1. The molecule has 0 aliphatic heterocycles. The van der Waals surface area contributed by atoms with Gasteiger partial charge in [0.05, 0.1) is 12.1 Å². The average Bonchev–Trinajstić information content (AvgIpc) is 2.25. The Hall–Kier alpha value is -1.63. The third-order valence-electron chi connectivity index (χ3n) is 2.50. The number of hydrogen-bond donors (Lipinski definition) is 1. The highest BCUT2D eigenvalue weighted by Gasteiger charge is 2.31. The summed E-state index contributed by atoms with van der Waals surface area (Å²) >= 11 is 0. The number of hydrogen-bond acceptors (Lipinski definition) is 2. The Labute approximate surface area is 107 Å². The highest BCUT2D eigenvalue weighted by Crippen LogP contribution is 2.30. The van der Waals surface area contributed by atoms with Crippen LogP contribution < -0.4 is 0 Å². The summed E-state index contributed by atoms with van der Waals surface area (Å²) in [4.78, 5) is 12.0. The van der Waals surface area contributed by atoms with Crippen LogP contribution in [0.15, 0.2) is 18.2 Å². The van der Waals surface area contributed by atoms with Gasteiger partial charge in [-0.2, -0.15) is 13.2 Å². The molecule has 0 aromatic heterocycles. The van der Waals surface area contributed by atoms with Crippen LogP contribution in [0.2, 0.25) is 0 Å². The zero-order valence-corrected chi connectivity index (χ0v) is 10.2. The number of halogens is 4. The zero-order valence-electron chi connectivity index (χ0n) is 10.2. The minimum atomic E-state index is -4.62. The first-order chi connectivity index (χ1) is 8.72. The molecule has 1 aromatic carbocycles. The molecule has 0 heterocycles. The summed E-state index contributed by atoms with van der Waals surface area (Å²) < 4.78 is 50.6. The van der Waals surface area contributed by atoms with Crippen LogP contribution in [0.5, 0.6) is 0 Å². The molecule has 0 aliphatic rings. The highest BCUT2D eigenvalue weighted by molar-refractivity contribution is 5.69. The summed E-state index contributed by atoms with van der Waals surface area (Å²) in [7, 11) is 0. The molecule has 0 fully saturated rings. The van der Waals surface area contributed by atoms with Gasteiger partial charge in [0, 0.05) is 6.54 Å². The number of alkyl halides is 3. The minimum Gasteiger partial charge on any atom is -0.480 e. The van der Waals surface area contributed by atoms with Crippen molar-refractivity contribution in [2.24, 2.45) is 0 Å². The summed E-state index contributed by atoms with van der Waals surface area (Å²) in [5.41, 5.74) is -0.982. The van der Waals surface area contributed by atoms with Crippen molar-refractivity contribution in [3.05, 3.63) is 35.1 Å². The lowest BCUT2D eigenvalue weighted by atomic mass is 10.1. The van der Waals surface area contributed by atoms with Gasteiger partial charge in [-0.1, -0.05) is 6.92 Å². The van der Waals surface area contributed by atoms with Crippen LogP contribution in [0.3, 0.4) is 0 Å². The van der Waals surface area contributed by atoms with E-state index in [4.69, 9.17) is 5.11 Å². The molecule has 1 N–H and O–H groups in total. The maximum absolute atomic E-state index is 13.1. The predicted octanol–water partition coefficient (Wildman–Crippen LogP) is 2.75. The molecule has 0 saturated carbocycles. The predicted molar refractivity (Wildman–Crippen MR) is 60.0 cm³/mol. The van der Waals surface area contributed by atoms with Crippen LogP contribution in [0.25, 0.3) is 0 Å². The molecule has 0 unspecified atom stereocenters. The third-order valence-corrected chi connectivity index (χ3v) is 2.50. The van der Waals surface area contributed by atoms with Gasteiger partial charge in [-0.25, -0.2) is 4.39 Å². The molecule has 0 saturated heterocycles. The topological polar surface area (TPSA) is 40.5 Å². The lowest BCUT2D eigenvalue weighted by Gasteiger charge is -2.18. The molecular weight excluding hydrogens is 266 g/mol. The number of benzene rings is 1. The molecule has 0 atom stereocenters. The standard InChI is InChI=1S/C12H13F4NO2/c1-2-17(7-11(18)19)6-8-3-9(12(14,15)16)5-10(13)4-8/h3-5H,2,6-7H2,1H3,(H,18,19). The largest absolute Gasteiger partial charge is 0.480 e. The van der Waals surface area contributed by atoms with E-state index in [1.54, 1.807) is 6.92 Å². The van der Waals surface area contributed by atoms with Crippen molar-refractivity contribution in [3.8, 4) is 0 Å². The molecule has 0 radical (unpaired) electrons. The molecule has 7 heteroatoms. The van der Waals surface area contributed by atoms with Gasteiger partial charge in [0.15, 0.2) is 0 Å². The SMILES string of the molecule is CCN(CC(=O)O)Cc1cc(F)cc(C(F)(F)F)c1. The van der Waals surface area contributed by atoms with Crippen molar-refractivity contribution in [1.82, 2.24) is 4.90 Å². The van der Waals surface area contributed by atoms with E-state index in [2.05, 4.69) is 0 Å².